The maximum absolute atomic E-state index is 11.6. The summed E-state index contributed by atoms with van der Waals surface area (Å²) in [6, 6.07) is 0. The van der Waals surface area contributed by atoms with Crippen molar-refractivity contribution in [3.8, 4) is 0 Å². The van der Waals surface area contributed by atoms with Crippen molar-refractivity contribution in [2.24, 2.45) is 17.8 Å². The molecular weight excluding hydrogens is 202 g/mol. The van der Waals surface area contributed by atoms with Crippen LogP contribution in [0.25, 0.3) is 0 Å². The highest BCUT2D eigenvalue weighted by molar-refractivity contribution is 5.79. The van der Waals surface area contributed by atoms with E-state index < -0.39 is 0 Å². The van der Waals surface area contributed by atoms with Gasteiger partial charge in [0.25, 0.3) is 0 Å². The zero-order valence-electron chi connectivity index (χ0n) is 10.5. The third kappa shape index (κ3) is 4.52. The zero-order chi connectivity index (χ0) is 12.0. The van der Waals surface area contributed by atoms with Crippen molar-refractivity contribution >= 4 is 5.91 Å². The molecule has 94 valence electrons. The predicted octanol–water partition coefficient (Wildman–Crippen LogP) is 1.95. The zero-order valence-corrected chi connectivity index (χ0v) is 10.5. The molecule has 0 aromatic carbocycles. The van der Waals surface area contributed by atoms with E-state index in [1.54, 1.807) is 0 Å². The fourth-order valence-corrected chi connectivity index (χ4v) is 2.21. The third-order valence-electron chi connectivity index (χ3n) is 3.38. The molecule has 1 amide bonds. The number of aliphatic hydroxyl groups is 1. The summed E-state index contributed by atoms with van der Waals surface area (Å²) < 4.78 is 0. The van der Waals surface area contributed by atoms with E-state index in [0.29, 0.717) is 11.8 Å². The van der Waals surface area contributed by atoms with Crippen molar-refractivity contribution in [2.45, 2.75) is 46.0 Å². The van der Waals surface area contributed by atoms with Crippen LogP contribution in [0.4, 0.5) is 0 Å². The van der Waals surface area contributed by atoms with Crippen LogP contribution in [-0.4, -0.2) is 24.2 Å². The maximum Gasteiger partial charge on any atom is 0.223 e. The molecule has 16 heavy (non-hydrogen) atoms. The molecule has 1 aliphatic carbocycles. The van der Waals surface area contributed by atoms with Gasteiger partial charge in [0.05, 0.1) is 0 Å². The second kappa shape index (κ2) is 6.89. The number of aliphatic hydroxyl groups excluding tert-OH is 1. The number of nitrogens with one attached hydrogen (secondary N) is 1. The fourth-order valence-electron chi connectivity index (χ4n) is 2.21. The molecule has 0 aliphatic heterocycles. The molecule has 2 N–H and O–H groups in total. The van der Waals surface area contributed by atoms with Crippen LogP contribution in [-0.2, 0) is 4.79 Å². The molecule has 3 nitrogen and oxygen atoms in total. The monoisotopic (exact) mass is 227 g/mol. The Hall–Kier alpha value is -0.570. The van der Waals surface area contributed by atoms with Gasteiger partial charge in [-0.3, -0.25) is 4.79 Å². The first-order valence-corrected chi connectivity index (χ1v) is 6.52. The van der Waals surface area contributed by atoms with Gasteiger partial charge in [-0.2, -0.15) is 0 Å². The molecule has 0 saturated heterocycles. The van der Waals surface area contributed by atoms with Crippen molar-refractivity contribution in [3.63, 3.8) is 0 Å². The van der Waals surface area contributed by atoms with Crippen LogP contribution >= 0.6 is 0 Å². The number of hydrogen-bond donors (Lipinski definition) is 2. The summed E-state index contributed by atoms with van der Waals surface area (Å²) in [5, 5.41) is 12.0. The van der Waals surface area contributed by atoms with Crippen molar-refractivity contribution < 1.29 is 9.90 Å². The van der Waals surface area contributed by atoms with Gasteiger partial charge in [-0.15, -0.1) is 0 Å². The van der Waals surface area contributed by atoms with E-state index >= 15 is 0 Å². The van der Waals surface area contributed by atoms with Gasteiger partial charge < -0.3 is 10.4 Å². The summed E-state index contributed by atoms with van der Waals surface area (Å²) in [5.74, 6) is 1.54. The Morgan fingerprint density at radius 1 is 1.44 bits per heavy atom. The number of carbonyl (C=O) groups excluding carboxylic acids is 1. The second-order valence-corrected chi connectivity index (χ2v) is 5.38. The SMILES string of the molecule is CC(C)CC(CCO)CNC(=O)C1CCC1. The summed E-state index contributed by atoms with van der Waals surface area (Å²) in [4.78, 5) is 11.6. The third-order valence-corrected chi connectivity index (χ3v) is 3.38. The topological polar surface area (TPSA) is 49.3 Å². The lowest BCUT2D eigenvalue weighted by atomic mass is 9.84. The second-order valence-electron chi connectivity index (χ2n) is 5.38. The average Bonchev–Trinajstić information content (AvgIpc) is 2.11. The van der Waals surface area contributed by atoms with Crippen molar-refractivity contribution in [2.75, 3.05) is 13.2 Å². The average molecular weight is 227 g/mol. The Kier molecular flexibility index (Phi) is 5.81. The highest BCUT2D eigenvalue weighted by atomic mass is 16.3. The smallest absolute Gasteiger partial charge is 0.223 e. The summed E-state index contributed by atoms with van der Waals surface area (Å²) in [6.07, 6.45) is 5.18. The summed E-state index contributed by atoms with van der Waals surface area (Å²) >= 11 is 0. The van der Waals surface area contributed by atoms with Crippen LogP contribution in [0.15, 0.2) is 0 Å². The van der Waals surface area contributed by atoms with Crippen LogP contribution in [0.3, 0.4) is 0 Å². The van der Waals surface area contributed by atoms with E-state index in [1.807, 2.05) is 0 Å². The molecule has 1 atom stereocenters. The van der Waals surface area contributed by atoms with E-state index in [4.69, 9.17) is 5.11 Å². The quantitative estimate of drug-likeness (QED) is 0.698. The first-order chi connectivity index (χ1) is 7.63. The first kappa shape index (κ1) is 13.5. The molecule has 1 fully saturated rings. The number of rotatable bonds is 7. The molecule has 0 radical (unpaired) electrons. The van der Waals surface area contributed by atoms with E-state index in [1.165, 1.54) is 6.42 Å². The molecule has 0 bridgehead atoms. The lowest BCUT2D eigenvalue weighted by Crippen LogP contribution is -2.37. The highest BCUT2D eigenvalue weighted by Crippen LogP contribution is 2.26. The molecule has 0 heterocycles. The Morgan fingerprint density at radius 3 is 2.56 bits per heavy atom. The van der Waals surface area contributed by atoms with Crippen LogP contribution in [0.2, 0.25) is 0 Å². The van der Waals surface area contributed by atoms with Crippen LogP contribution in [0.5, 0.6) is 0 Å². The Labute approximate surface area is 98.6 Å². The lowest BCUT2D eigenvalue weighted by molar-refractivity contribution is -0.127. The molecule has 1 aliphatic rings. The molecule has 1 unspecified atom stereocenters. The first-order valence-electron chi connectivity index (χ1n) is 6.52. The fraction of sp³-hybridized carbons (Fsp3) is 0.923. The lowest BCUT2D eigenvalue weighted by Gasteiger charge is -2.26. The summed E-state index contributed by atoms with van der Waals surface area (Å²) in [7, 11) is 0. The molecule has 0 aromatic heterocycles. The molecule has 0 spiro atoms. The van der Waals surface area contributed by atoms with Gasteiger partial charge in [-0.05, 0) is 37.5 Å². The van der Waals surface area contributed by atoms with Crippen molar-refractivity contribution in [3.05, 3.63) is 0 Å². The predicted molar refractivity (Wildman–Crippen MR) is 65.0 cm³/mol. The Balaban J connectivity index is 2.22. The van der Waals surface area contributed by atoms with Crippen LogP contribution in [0.1, 0.15) is 46.0 Å². The van der Waals surface area contributed by atoms with Gasteiger partial charge in [-0.1, -0.05) is 20.3 Å². The molecular formula is C13H25NO2. The maximum atomic E-state index is 11.6. The summed E-state index contributed by atoms with van der Waals surface area (Å²) in [6.45, 7) is 5.31. The summed E-state index contributed by atoms with van der Waals surface area (Å²) in [5.41, 5.74) is 0. The standard InChI is InChI=1S/C13H25NO2/c1-10(2)8-11(6-7-15)9-14-13(16)12-4-3-5-12/h10-12,15H,3-9H2,1-2H3,(H,14,16). The largest absolute Gasteiger partial charge is 0.396 e. The van der Waals surface area contributed by atoms with Gasteiger partial charge in [-0.25, -0.2) is 0 Å². The number of carbonyl (C=O) groups is 1. The molecule has 0 aromatic rings. The Morgan fingerprint density at radius 2 is 2.12 bits per heavy atom. The van der Waals surface area contributed by atoms with Gasteiger partial charge >= 0.3 is 0 Å². The van der Waals surface area contributed by atoms with Gasteiger partial charge in [0.15, 0.2) is 0 Å². The number of hydrogen-bond acceptors (Lipinski definition) is 2. The van der Waals surface area contributed by atoms with E-state index in [0.717, 1.165) is 32.2 Å². The van der Waals surface area contributed by atoms with Crippen molar-refractivity contribution in [1.82, 2.24) is 5.32 Å². The Bertz CT molecular complexity index is 212. The minimum Gasteiger partial charge on any atom is -0.396 e. The normalized spacial score (nSPS) is 18.2. The molecule has 1 saturated carbocycles. The molecule has 3 heteroatoms. The highest BCUT2D eigenvalue weighted by Gasteiger charge is 2.25. The van der Waals surface area contributed by atoms with E-state index in [9.17, 15) is 4.79 Å². The van der Waals surface area contributed by atoms with Gasteiger partial charge in [0, 0.05) is 19.1 Å². The van der Waals surface area contributed by atoms with E-state index in [2.05, 4.69) is 19.2 Å². The van der Waals surface area contributed by atoms with Crippen molar-refractivity contribution in [1.29, 1.82) is 0 Å². The van der Waals surface area contributed by atoms with E-state index in [-0.39, 0.29) is 18.4 Å². The van der Waals surface area contributed by atoms with Gasteiger partial charge in [0.1, 0.15) is 0 Å². The minimum absolute atomic E-state index is 0.219. The molecule has 1 rings (SSSR count). The van der Waals surface area contributed by atoms with Crippen LogP contribution in [0, 0.1) is 17.8 Å². The van der Waals surface area contributed by atoms with Crippen LogP contribution < -0.4 is 5.32 Å². The van der Waals surface area contributed by atoms with Gasteiger partial charge in [0.2, 0.25) is 5.91 Å². The number of amides is 1. The minimum atomic E-state index is 0.219.